The number of aromatic amines is 1. The molecule has 0 radical (unpaired) electrons. The zero-order chi connectivity index (χ0) is 12.4. The molecule has 3 nitrogen and oxygen atoms in total. The minimum absolute atomic E-state index is 0.344. The number of H-pyrrole nitrogens is 1. The van der Waals surface area contributed by atoms with Crippen LogP contribution in [0.15, 0.2) is 28.9 Å². The summed E-state index contributed by atoms with van der Waals surface area (Å²) < 4.78 is 1.43. The van der Waals surface area contributed by atoms with Crippen molar-refractivity contribution in [3.63, 3.8) is 0 Å². The summed E-state index contributed by atoms with van der Waals surface area (Å²) in [6.07, 6.45) is 1.74. The van der Waals surface area contributed by atoms with E-state index < -0.39 is 0 Å². The molecule has 0 aliphatic rings. The number of nitrogens with zero attached hydrogens (tertiary/aromatic N) is 2. The number of aromatic nitrogens is 3. The van der Waals surface area contributed by atoms with Crippen LogP contribution in [0, 0.1) is 4.64 Å². The first-order valence-corrected chi connectivity index (χ1v) is 6.51. The fraction of sp³-hybridized carbons (Fsp3) is 0.250. The van der Waals surface area contributed by atoms with Gasteiger partial charge in [0.25, 0.3) is 0 Å². The van der Waals surface area contributed by atoms with Gasteiger partial charge in [-0.1, -0.05) is 32.1 Å². The van der Waals surface area contributed by atoms with Crippen molar-refractivity contribution < 1.29 is 0 Å². The molecular weight excluding hydrogens is 298 g/mol. The van der Waals surface area contributed by atoms with E-state index in [1.54, 1.807) is 6.20 Å². The summed E-state index contributed by atoms with van der Waals surface area (Å²) in [7, 11) is 0. The number of nitrogens with one attached hydrogen (secondary N) is 1. The van der Waals surface area contributed by atoms with Crippen molar-refractivity contribution in [3.05, 3.63) is 39.2 Å². The van der Waals surface area contributed by atoms with Gasteiger partial charge in [-0.05, 0) is 34.0 Å². The summed E-state index contributed by atoms with van der Waals surface area (Å²) in [6.45, 7) is 4.21. The van der Waals surface area contributed by atoms with Crippen LogP contribution in [0.4, 0.5) is 0 Å². The lowest BCUT2D eigenvalue weighted by atomic mass is 10.1. The molecule has 88 valence electrons. The first kappa shape index (κ1) is 12.4. The van der Waals surface area contributed by atoms with Gasteiger partial charge < -0.3 is 4.98 Å². The highest BCUT2D eigenvalue weighted by Crippen LogP contribution is 2.25. The Morgan fingerprint density at radius 1 is 1.35 bits per heavy atom. The second kappa shape index (κ2) is 5.06. The Hall–Kier alpha value is -1.07. The summed E-state index contributed by atoms with van der Waals surface area (Å²) in [5, 5.41) is 0. The van der Waals surface area contributed by atoms with Crippen LogP contribution in [0.3, 0.4) is 0 Å². The Balaban J connectivity index is 2.62. The van der Waals surface area contributed by atoms with Gasteiger partial charge in [0.2, 0.25) is 0 Å². The van der Waals surface area contributed by atoms with Crippen molar-refractivity contribution in [2.24, 2.45) is 0 Å². The SMILES string of the molecule is CC(C)c1[nH]c(-c2ccccn2)nc(=S)c1Br. The van der Waals surface area contributed by atoms with Crippen molar-refractivity contribution in [2.45, 2.75) is 19.8 Å². The van der Waals surface area contributed by atoms with Crippen LogP contribution in [0.1, 0.15) is 25.5 Å². The third-order valence-electron chi connectivity index (χ3n) is 2.38. The molecule has 0 atom stereocenters. The predicted octanol–water partition coefficient (Wildman–Crippen LogP) is 4.09. The van der Waals surface area contributed by atoms with Gasteiger partial charge in [-0.2, -0.15) is 0 Å². The average molecular weight is 310 g/mol. The van der Waals surface area contributed by atoms with Crippen LogP contribution in [-0.2, 0) is 0 Å². The molecule has 2 aromatic heterocycles. The third kappa shape index (κ3) is 2.61. The Morgan fingerprint density at radius 3 is 2.71 bits per heavy atom. The number of rotatable bonds is 2. The average Bonchev–Trinajstić information content (AvgIpc) is 2.33. The molecule has 0 aliphatic heterocycles. The maximum Gasteiger partial charge on any atom is 0.157 e. The Morgan fingerprint density at radius 2 is 2.12 bits per heavy atom. The topological polar surface area (TPSA) is 41.6 Å². The molecule has 0 spiro atoms. The van der Waals surface area contributed by atoms with Crippen LogP contribution >= 0.6 is 28.1 Å². The van der Waals surface area contributed by atoms with Crippen molar-refractivity contribution in [1.29, 1.82) is 0 Å². The molecule has 0 bridgehead atoms. The van der Waals surface area contributed by atoms with Crippen LogP contribution in [0.25, 0.3) is 11.5 Å². The second-order valence-electron chi connectivity index (χ2n) is 3.99. The minimum atomic E-state index is 0.344. The van der Waals surface area contributed by atoms with Gasteiger partial charge in [0, 0.05) is 11.9 Å². The summed E-state index contributed by atoms with van der Waals surface area (Å²) in [5.41, 5.74) is 1.85. The van der Waals surface area contributed by atoms with Gasteiger partial charge in [-0.3, -0.25) is 4.98 Å². The quantitative estimate of drug-likeness (QED) is 0.850. The Bertz CT molecular complexity index is 578. The summed E-state index contributed by atoms with van der Waals surface area (Å²) in [6, 6.07) is 5.71. The normalized spacial score (nSPS) is 10.8. The first-order valence-electron chi connectivity index (χ1n) is 5.30. The smallest absolute Gasteiger partial charge is 0.157 e. The van der Waals surface area contributed by atoms with Crippen LogP contribution in [0.5, 0.6) is 0 Å². The van der Waals surface area contributed by atoms with Gasteiger partial charge in [0.1, 0.15) is 10.3 Å². The summed E-state index contributed by atoms with van der Waals surface area (Å²) in [5.74, 6) is 1.05. The Kier molecular flexibility index (Phi) is 3.69. The number of pyridine rings is 1. The molecule has 0 amide bonds. The van der Waals surface area contributed by atoms with Crippen LogP contribution in [0.2, 0.25) is 0 Å². The van der Waals surface area contributed by atoms with E-state index in [1.807, 2.05) is 18.2 Å². The van der Waals surface area contributed by atoms with Crippen molar-refractivity contribution in [3.8, 4) is 11.5 Å². The van der Waals surface area contributed by atoms with E-state index in [0.29, 0.717) is 16.4 Å². The van der Waals surface area contributed by atoms with E-state index in [1.165, 1.54) is 0 Å². The molecule has 2 heterocycles. The molecule has 1 N–H and O–H groups in total. The summed E-state index contributed by atoms with van der Waals surface area (Å²) in [4.78, 5) is 11.9. The van der Waals surface area contributed by atoms with Gasteiger partial charge >= 0.3 is 0 Å². The highest BCUT2D eigenvalue weighted by molar-refractivity contribution is 9.10. The molecular formula is C12H12BrN3S. The molecule has 0 aromatic carbocycles. The second-order valence-corrected chi connectivity index (χ2v) is 5.17. The molecule has 0 saturated heterocycles. The first-order chi connectivity index (χ1) is 8.09. The molecule has 0 aliphatic carbocycles. The van der Waals surface area contributed by atoms with E-state index in [0.717, 1.165) is 15.9 Å². The molecule has 0 saturated carbocycles. The number of hydrogen-bond acceptors (Lipinski definition) is 3. The lowest BCUT2D eigenvalue weighted by Crippen LogP contribution is -2.01. The van der Waals surface area contributed by atoms with E-state index >= 15 is 0 Å². The zero-order valence-electron chi connectivity index (χ0n) is 9.57. The van der Waals surface area contributed by atoms with Crippen molar-refractivity contribution in [1.82, 2.24) is 15.0 Å². The zero-order valence-corrected chi connectivity index (χ0v) is 12.0. The molecule has 5 heteroatoms. The number of hydrogen-bond donors (Lipinski definition) is 1. The predicted molar refractivity (Wildman–Crippen MR) is 74.4 cm³/mol. The van der Waals surface area contributed by atoms with Gasteiger partial charge in [0.05, 0.1) is 4.47 Å². The molecule has 0 unspecified atom stereocenters. The monoisotopic (exact) mass is 309 g/mol. The lowest BCUT2D eigenvalue weighted by molar-refractivity contribution is 0.806. The highest BCUT2D eigenvalue weighted by Gasteiger charge is 2.11. The Labute approximate surface area is 113 Å². The molecule has 0 fully saturated rings. The molecule has 2 aromatic rings. The molecule has 17 heavy (non-hydrogen) atoms. The van der Waals surface area contributed by atoms with Crippen LogP contribution < -0.4 is 0 Å². The standard InChI is InChI=1S/C12H12BrN3S/c1-7(2)10-9(13)12(17)16-11(15-10)8-5-3-4-6-14-8/h3-7H,1-2H3,(H,15,16,17). The van der Waals surface area contributed by atoms with E-state index in [2.05, 4.69) is 44.7 Å². The lowest BCUT2D eigenvalue weighted by Gasteiger charge is -2.10. The van der Waals surface area contributed by atoms with E-state index in [9.17, 15) is 0 Å². The molecule has 2 rings (SSSR count). The van der Waals surface area contributed by atoms with Crippen LogP contribution in [-0.4, -0.2) is 15.0 Å². The fourth-order valence-electron chi connectivity index (χ4n) is 1.50. The van der Waals surface area contributed by atoms with E-state index in [-0.39, 0.29) is 0 Å². The fourth-order valence-corrected chi connectivity index (χ4v) is 2.35. The highest BCUT2D eigenvalue weighted by atomic mass is 79.9. The minimum Gasteiger partial charge on any atom is -0.341 e. The van der Waals surface area contributed by atoms with Gasteiger partial charge in [-0.25, -0.2) is 4.98 Å². The number of halogens is 1. The maximum absolute atomic E-state index is 5.24. The summed E-state index contributed by atoms with van der Waals surface area (Å²) >= 11 is 8.71. The van der Waals surface area contributed by atoms with E-state index in [4.69, 9.17) is 12.2 Å². The van der Waals surface area contributed by atoms with Gasteiger partial charge in [0.15, 0.2) is 5.82 Å². The third-order valence-corrected chi connectivity index (χ3v) is 3.74. The maximum atomic E-state index is 5.24. The largest absolute Gasteiger partial charge is 0.341 e. The van der Waals surface area contributed by atoms with Crippen molar-refractivity contribution in [2.75, 3.05) is 0 Å². The van der Waals surface area contributed by atoms with Crippen molar-refractivity contribution >= 4 is 28.1 Å². The van der Waals surface area contributed by atoms with Gasteiger partial charge in [-0.15, -0.1) is 0 Å².